The Morgan fingerprint density at radius 3 is 2.57 bits per heavy atom. The van der Waals surface area contributed by atoms with Crippen molar-refractivity contribution in [1.82, 2.24) is 19.7 Å². The summed E-state index contributed by atoms with van der Waals surface area (Å²) in [5, 5.41) is 9.83. The van der Waals surface area contributed by atoms with Gasteiger partial charge in [0, 0.05) is 23.7 Å². The Morgan fingerprint density at radius 2 is 1.79 bits per heavy atom. The van der Waals surface area contributed by atoms with Gasteiger partial charge in [-0.05, 0) is 48.4 Å². The lowest BCUT2D eigenvalue weighted by molar-refractivity contribution is 0.414. The molecule has 0 bridgehead atoms. The van der Waals surface area contributed by atoms with Gasteiger partial charge in [-0.25, -0.2) is 0 Å². The van der Waals surface area contributed by atoms with Crippen molar-refractivity contribution in [2.24, 2.45) is 0 Å². The minimum Gasteiger partial charge on any atom is -0.497 e. The molecule has 28 heavy (non-hydrogen) atoms. The highest BCUT2D eigenvalue weighted by Gasteiger charge is 2.17. The molecule has 0 spiro atoms. The SMILES string of the molecule is COc1cccc(CSc2nnc(-c3ccncc3)n2-c2ccccc2C)c1. The third-order valence-electron chi connectivity index (χ3n) is 4.43. The van der Waals surface area contributed by atoms with E-state index in [0.29, 0.717) is 0 Å². The van der Waals surface area contributed by atoms with Crippen LogP contribution in [0.1, 0.15) is 11.1 Å². The van der Waals surface area contributed by atoms with E-state index in [2.05, 4.69) is 44.9 Å². The first-order chi connectivity index (χ1) is 13.8. The van der Waals surface area contributed by atoms with Crippen LogP contribution in [-0.2, 0) is 5.75 Å². The molecule has 0 saturated heterocycles. The van der Waals surface area contributed by atoms with Crippen LogP contribution in [0.15, 0.2) is 78.2 Å². The molecule has 4 rings (SSSR count). The molecule has 0 unspecified atom stereocenters. The molecule has 4 aromatic rings. The highest BCUT2D eigenvalue weighted by Crippen LogP contribution is 2.31. The second-order valence-electron chi connectivity index (χ2n) is 6.30. The first kappa shape index (κ1) is 18.3. The average Bonchev–Trinajstić information content (AvgIpc) is 3.17. The van der Waals surface area contributed by atoms with E-state index >= 15 is 0 Å². The standard InChI is InChI=1S/C22H20N4OS/c1-16-6-3-4-9-20(16)26-21(18-10-12-23-13-11-18)24-25-22(26)28-15-17-7-5-8-19(14-17)27-2/h3-14H,15H2,1-2H3. The maximum absolute atomic E-state index is 5.33. The molecule has 6 heteroatoms. The highest BCUT2D eigenvalue weighted by atomic mass is 32.2. The molecule has 140 valence electrons. The van der Waals surface area contributed by atoms with Crippen LogP contribution < -0.4 is 4.74 Å². The van der Waals surface area contributed by atoms with Crippen LogP contribution in [0.25, 0.3) is 17.1 Å². The number of nitrogens with zero attached hydrogens (tertiary/aromatic N) is 4. The number of aromatic nitrogens is 4. The van der Waals surface area contributed by atoms with Crippen LogP contribution in [0.3, 0.4) is 0 Å². The molecule has 0 N–H and O–H groups in total. The molecule has 0 aliphatic rings. The second kappa shape index (κ2) is 8.27. The number of para-hydroxylation sites is 1. The van der Waals surface area contributed by atoms with E-state index in [4.69, 9.17) is 4.74 Å². The number of thioether (sulfide) groups is 1. The quantitative estimate of drug-likeness (QED) is 0.438. The third kappa shape index (κ3) is 3.77. The maximum atomic E-state index is 5.33. The first-order valence-electron chi connectivity index (χ1n) is 8.94. The van der Waals surface area contributed by atoms with Gasteiger partial charge in [0.2, 0.25) is 0 Å². The minimum absolute atomic E-state index is 0.775. The van der Waals surface area contributed by atoms with Crippen molar-refractivity contribution in [3.05, 3.63) is 84.2 Å². The van der Waals surface area contributed by atoms with Crippen LogP contribution >= 0.6 is 11.8 Å². The van der Waals surface area contributed by atoms with Crippen molar-refractivity contribution < 1.29 is 4.74 Å². The smallest absolute Gasteiger partial charge is 0.196 e. The normalized spacial score (nSPS) is 10.8. The van der Waals surface area contributed by atoms with E-state index < -0.39 is 0 Å². The Balaban J connectivity index is 1.73. The van der Waals surface area contributed by atoms with Crippen molar-refractivity contribution in [3.8, 4) is 22.8 Å². The zero-order chi connectivity index (χ0) is 19.3. The number of benzene rings is 2. The lowest BCUT2D eigenvalue weighted by Gasteiger charge is -2.13. The molecular weight excluding hydrogens is 368 g/mol. The fourth-order valence-electron chi connectivity index (χ4n) is 2.99. The number of aryl methyl sites for hydroxylation is 1. The maximum Gasteiger partial charge on any atom is 0.196 e. The van der Waals surface area contributed by atoms with Crippen molar-refractivity contribution in [3.63, 3.8) is 0 Å². The fourth-order valence-corrected chi connectivity index (χ4v) is 3.88. The Labute approximate surface area is 168 Å². The van der Waals surface area contributed by atoms with E-state index in [9.17, 15) is 0 Å². The number of methoxy groups -OCH3 is 1. The predicted octanol–water partition coefficient (Wildman–Crippen LogP) is 4.94. The third-order valence-corrected chi connectivity index (χ3v) is 5.43. The Bertz CT molecular complexity index is 1080. The lowest BCUT2D eigenvalue weighted by atomic mass is 10.2. The molecular formula is C22H20N4OS. The van der Waals surface area contributed by atoms with E-state index in [1.807, 2.05) is 42.5 Å². The zero-order valence-electron chi connectivity index (χ0n) is 15.7. The minimum atomic E-state index is 0.775. The number of pyridine rings is 1. The van der Waals surface area contributed by atoms with Gasteiger partial charge < -0.3 is 4.74 Å². The van der Waals surface area contributed by atoms with Crippen molar-refractivity contribution in [2.75, 3.05) is 7.11 Å². The highest BCUT2D eigenvalue weighted by molar-refractivity contribution is 7.98. The summed E-state index contributed by atoms with van der Waals surface area (Å²) in [7, 11) is 1.68. The molecule has 0 amide bonds. The largest absolute Gasteiger partial charge is 0.497 e. The van der Waals surface area contributed by atoms with Crippen LogP contribution in [0.2, 0.25) is 0 Å². The number of hydrogen-bond donors (Lipinski definition) is 0. The molecule has 0 atom stereocenters. The Morgan fingerprint density at radius 1 is 0.964 bits per heavy atom. The van der Waals surface area contributed by atoms with E-state index in [-0.39, 0.29) is 0 Å². The van der Waals surface area contributed by atoms with Crippen LogP contribution in [0, 0.1) is 6.92 Å². The zero-order valence-corrected chi connectivity index (χ0v) is 16.6. The van der Waals surface area contributed by atoms with Gasteiger partial charge in [-0.2, -0.15) is 0 Å². The van der Waals surface area contributed by atoms with Gasteiger partial charge in [0.05, 0.1) is 12.8 Å². The summed E-state index contributed by atoms with van der Waals surface area (Å²) in [5.74, 6) is 2.44. The topological polar surface area (TPSA) is 52.8 Å². The fraction of sp³-hybridized carbons (Fsp3) is 0.136. The molecule has 0 fully saturated rings. The van der Waals surface area contributed by atoms with Gasteiger partial charge in [-0.1, -0.05) is 42.1 Å². The van der Waals surface area contributed by atoms with Gasteiger partial charge in [-0.15, -0.1) is 10.2 Å². The summed E-state index contributed by atoms with van der Waals surface area (Å²) < 4.78 is 7.45. The molecule has 0 saturated carbocycles. The average molecular weight is 388 g/mol. The van der Waals surface area contributed by atoms with Crippen LogP contribution in [0.5, 0.6) is 5.75 Å². The van der Waals surface area contributed by atoms with Gasteiger partial charge in [0.25, 0.3) is 0 Å². The summed E-state index contributed by atoms with van der Waals surface area (Å²) >= 11 is 1.66. The van der Waals surface area contributed by atoms with E-state index in [1.54, 1.807) is 31.3 Å². The Hall–Kier alpha value is -3.12. The first-order valence-corrected chi connectivity index (χ1v) is 9.92. The lowest BCUT2D eigenvalue weighted by Crippen LogP contribution is -2.02. The molecule has 2 aromatic carbocycles. The van der Waals surface area contributed by atoms with Crippen molar-refractivity contribution in [1.29, 1.82) is 0 Å². The summed E-state index contributed by atoms with van der Waals surface area (Å²) in [6.07, 6.45) is 3.55. The van der Waals surface area contributed by atoms with Gasteiger partial charge >= 0.3 is 0 Å². The number of hydrogen-bond acceptors (Lipinski definition) is 5. The summed E-state index contributed by atoms with van der Waals surface area (Å²) in [4.78, 5) is 4.12. The molecule has 0 aliphatic heterocycles. The second-order valence-corrected chi connectivity index (χ2v) is 7.25. The molecule has 0 radical (unpaired) electrons. The predicted molar refractivity (Wildman–Crippen MR) is 112 cm³/mol. The summed E-state index contributed by atoms with van der Waals surface area (Å²) in [5.41, 5.74) is 4.40. The van der Waals surface area contributed by atoms with Crippen molar-refractivity contribution in [2.45, 2.75) is 17.8 Å². The molecule has 2 heterocycles. The summed E-state index contributed by atoms with van der Waals surface area (Å²) in [6.45, 7) is 2.10. The van der Waals surface area contributed by atoms with Crippen molar-refractivity contribution >= 4 is 11.8 Å². The van der Waals surface area contributed by atoms with E-state index in [1.165, 1.54) is 11.1 Å². The van der Waals surface area contributed by atoms with E-state index in [0.717, 1.165) is 33.7 Å². The van der Waals surface area contributed by atoms with Gasteiger partial charge in [-0.3, -0.25) is 9.55 Å². The van der Waals surface area contributed by atoms with Crippen LogP contribution in [0.4, 0.5) is 0 Å². The number of rotatable bonds is 6. The number of ether oxygens (including phenoxy) is 1. The molecule has 2 aromatic heterocycles. The molecule has 0 aliphatic carbocycles. The monoisotopic (exact) mass is 388 g/mol. The van der Waals surface area contributed by atoms with Gasteiger partial charge in [0.15, 0.2) is 11.0 Å². The van der Waals surface area contributed by atoms with Gasteiger partial charge in [0.1, 0.15) is 5.75 Å². The Kier molecular flexibility index (Phi) is 5.39. The van der Waals surface area contributed by atoms with Crippen LogP contribution in [-0.4, -0.2) is 26.9 Å². The molecule has 5 nitrogen and oxygen atoms in total. The summed E-state index contributed by atoms with van der Waals surface area (Å²) in [6, 6.07) is 20.3.